The predicted molar refractivity (Wildman–Crippen MR) is 71.2 cm³/mol. The molecule has 0 unspecified atom stereocenters. The molecule has 0 fully saturated rings. The molecule has 0 amide bonds. The zero-order valence-corrected chi connectivity index (χ0v) is 9.95. The molecular formula is C15H12O4. The Labute approximate surface area is 109 Å². The predicted octanol–water partition coefficient (Wildman–Crippen LogP) is 2.70. The SMILES string of the molecule is O=C(C=Cc1ccc(O)cc1)c1ccc(O)cc1O. The molecule has 2 aromatic rings. The second-order valence-electron chi connectivity index (χ2n) is 3.99. The third kappa shape index (κ3) is 3.13. The number of ketones is 1. The molecule has 96 valence electrons. The molecule has 2 rings (SSSR count). The number of carbonyl (C=O) groups excluding carboxylic acids is 1. The number of aromatic hydroxyl groups is 3. The first-order chi connectivity index (χ1) is 9.06. The molecule has 0 atom stereocenters. The van der Waals surface area contributed by atoms with Crippen LogP contribution in [-0.2, 0) is 0 Å². The van der Waals surface area contributed by atoms with E-state index in [1.54, 1.807) is 18.2 Å². The van der Waals surface area contributed by atoms with Crippen LogP contribution in [0.5, 0.6) is 17.2 Å². The highest BCUT2D eigenvalue weighted by atomic mass is 16.3. The molecular weight excluding hydrogens is 244 g/mol. The van der Waals surface area contributed by atoms with Crippen LogP contribution in [0.3, 0.4) is 0 Å². The van der Waals surface area contributed by atoms with E-state index in [1.807, 2.05) is 0 Å². The molecule has 4 heteroatoms. The van der Waals surface area contributed by atoms with E-state index in [0.717, 1.165) is 11.6 Å². The monoisotopic (exact) mass is 256 g/mol. The van der Waals surface area contributed by atoms with E-state index in [9.17, 15) is 9.90 Å². The van der Waals surface area contributed by atoms with Gasteiger partial charge in [0.25, 0.3) is 0 Å². The summed E-state index contributed by atoms with van der Waals surface area (Å²) in [7, 11) is 0. The van der Waals surface area contributed by atoms with Gasteiger partial charge in [0.2, 0.25) is 0 Å². The lowest BCUT2D eigenvalue weighted by Crippen LogP contribution is -1.94. The van der Waals surface area contributed by atoms with Crippen molar-refractivity contribution < 1.29 is 20.1 Å². The van der Waals surface area contributed by atoms with E-state index in [-0.39, 0.29) is 28.6 Å². The highest BCUT2D eigenvalue weighted by Crippen LogP contribution is 2.23. The quantitative estimate of drug-likeness (QED) is 0.583. The summed E-state index contributed by atoms with van der Waals surface area (Å²) in [6.07, 6.45) is 2.90. The Morgan fingerprint density at radius 1 is 0.895 bits per heavy atom. The van der Waals surface area contributed by atoms with Gasteiger partial charge in [0.1, 0.15) is 17.2 Å². The Balaban J connectivity index is 2.18. The molecule has 3 N–H and O–H groups in total. The summed E-state index contributed by atoms with van der Waals surface area (Å²) in [6.45, 7) is 0. The highest BCUT2D eigenvalue weighted by molar-refractivity contribution is 6.08. The molecule has 0 aromatic heterocycles. The summed E-state index contributed by atoms with van der Waals surface area (Å²) in [6, 6.07) is 10.2. The molecule has 0 heterocycles. The lowest BCUT2D eigenvalue weighted by Gasteiger charge is -2.01. The van der Waals surface area contributed by atoms with Crippen molar-refractivity contribution in [1.29, 1.82) is 0 Å². The van der Waals surface area contributed by atoms with Crippen LogP contribution >= 0.6 is 0 Å². The van der Waals surface area contributed by atoms with Gasteiger partial charge in [-0.25, -0.2) is 0 Å². The smallest absolute Gasteiger partial charge is 0.189 e. The van der Waals surface area contributed by atoms with Gasteiger partial charge in [-0.2, -0.15) is 0 Å². The normalized spacial score (nSPS) is 10.7. The summed E-state index contributed by atoms with van der Waals surface area (Å²) >= 11 is 0. The minimum Gasteiger partial charge on any atom is -0.508 e. The van der Waals surface area contributed by atoms with Gasteiger partial charge in [-0.05, 0) is 35.9 Å². The fraction of sp³-hybridized carbons (Fsp3) is 0. The van der Waals surface area contributed by atoms with Gasteiger partial charge < -0.3 is 15.3 Å². The van der Waals surface area contributed by atoms with E-state index in [1.165, 1.54) is 30.3 Å². The van der Waals surface area contributed by atoms with Crippen LogP contribution in [0, 0.1) is 0 Å². The van der Waals surface area contributed by atoms with E-state index in [0.29, 0.717) is 0 Å². The summed E-state index contributed by atoms with van der Waals surface area (Å²) in [5, 5.41) is 27.8. The Bertz CT molecular complexity index is 627. The first-order valence-electron chi connectivity index (χ1n) is 5.60. The number of benzene rings is 2. The molecule has 0 radical (unpaired) electrons. The Hall–Kier alpha value is -2.75. The molecule has 0 bridgehead atoms. The van der Waals surface area contributed by atoms with E-state index in [4.69, 9.17) is 10.2 Å². The van der Waals surface area contributed by atoms with E-state index < -0.39 is 0 Å². The van der Waals surface area contributed by atoms with Crippen LogP contribution in [0.25, 0.3) is 6.08 Å². The van der Waals surface area contributed by atoms with Crippen molar-refractivity contribution in [3.8, 4) is 17.2 Å². The third-order valence-corrected chi connectivity index (χ3v) is 2.57. The molecule has 4 nitrogen and oxygen atoms in total. The zero-order chi connectivity index (χ0) is 13.8. The molecule has 0 aliphatic carbocycles. The van der Waals surface area contributed by atoms with Crippen LogP contribution in [0.2, 0.25) is 0 Å². The van der Waals surface area contributed by atoms with Crippen LogP contribution in [0.1, 0.15) is 15.9 Å². The van der Waals surface area contributed by atoms with Crippen molar-refractivity contribution >= 4 is 11.9 Å². The minimum atomic E-state index is -0.370. The van der Waals surface area contributed by atoms with Crippen LogP contribution in [-0.4, -0.2) is 21.1 Å². The molecule has 0 saturated heterocycles. The number of hydrogen-bond acceptors (Lipinski definition) is 4. The molecule has 0 aliphatic rings. The van der Waals surface area contributed by atoms with E-state index >= 15 is 0 Å². The summed E-state index contributed by atoms with van der Waals surface area (Å²) in [4.78, 5) is 11.8. The third-order valence-electron chi connectivity index (χ3n) is 2.57. The van der Waals surface area contributed by atoms with Crippen LogP contribution in [0.15, 0.2) is 48.5 Å². The highest BCUT2D eigenvalue weighted by Gasteiger charge is 2.08. The molecule has 0 saturated carbocycles. The summed E-state index contributed by atoms with van der Waals surface area (Å²) in [5.41, 5.74) is 0.872. The molecule has 0 aliphatic heterocycles. The average molecular weight is 256 g/mol. The average Bonchev–Trinajstić information content (AvgIpc) is 2.37. The standard InChI is InChI=1S/C15H12O4/c16-11-4-1-10(2-5-11)3-8-14(18)13-7-6-12(17)9-15(13)19/h1-9,16-17,19H. The second-order valence-corrected chi connectivity index (χ2v) is 3.99. The Morgan fingerprint density at radius 3 is 2.16 bits per heavy atom. The van der Waals surface area contributed by atoms with Gasteiger partial charge in [0.15, 0.2) is 5.78 Å². The van der Waals surface area contributed by atoms with Crippen molar-refractivity contribution in [3.05, 3.63) is 59.7 Å². The maximum Gasteiger partial charge on any atom is 0.189 e. The van der Waals surface area contributed by atoms with Gasteiger partial charge in [-0.15, -0.1) is 0 Å². The largest absolute Gasteiger partial charge is 0.508 e. The van der Waals surface area contributed by atoms with Crippen molar-refractivity contribution in [2.24, 2.45) is 0 Å². The maximum absolute atomic E-state index is 11.8. The number of allylic oxidation sites excluding steroid dienone is 1. The lowest BCUT2D eigenvalue weighted by molar-refractivity contribution is 0.104. The fourth-order valence-corrected chi connectivity index (χ4v) is 1.58. The molecule has 0 spiro atoms. The Morgan fingerprint density at radius 2 is 1.53 bits per heavy atom. The van der Waals surface area contributed by atoms with Crippen LogP contribution < -0.4 is 0 Å². The summed E-state index contributed by atoms with van der Waals surface area (Å²) in [5.74, 6) is -0.581. The molecule has 2 aromatic carbocycles. The van der Waals surface area contributed by atoms with Gasteiger partial charge in [-0.1, -0.05) is 18.2 Å². The first-order valence-corrected chi connectivity index (χ1v) is 5.60. The number of carbonyl (C=O) groups is 1. The fourth-order valence-electron chi connectivity index (χ4n) is 1.58. The number of hydrogen-bond donors (Lipinski definition) is 3. The first kappa shape index (κ1) is 12.7. The van der Waals surface area contributed by atoms with Gasteiger partial charge in [0, 0.05) is 6.07 Å². The number of phenolic OH excluding ortho intramolecular Hbond substituents is 3. The number of rotatable bonds is 3. The topological polar surface area (TPSA) is 77.8 Å². The second kappa shape index (κ2) is 5.27. The summed E-state index contributed by atoms with van der Waals surface area (Å²) < 4.78 is 0. The van der Waals surface area contributed by atoms with Crippen molar-refractivity contribution in [3.63, 3.8) is 0 Å². The maximum atomic E-state index is 11.8. The van der Waals surface area contributed by atoms with Crippen molar-refractivity contribution in [2.75, 3.05) is 0 Å². The number of phenols is 3. The van der Waals surface area contributed by atoms with Crippen molar-refractivity contribution in [2.45, 2.75) is 0 Å². The van der Waals surface area contributed by atoms with Gasteiger partial charge in [0.05, 0.1) is 5.56 Å². The van der Waals surface area contributed by atoms with Gasteiger partial charge in [-0.3, -0.25) is 4.79 Å². The zero-order valence-electron chi connectivity index (χ0n) is 9.95. The minimum absolute atomic E-state index is 0.100. The van der Waals surface area contributed by atoms with Crippen molar-refractivity contribution in [1.82, 2.24) is 0 Å². The van der Waals surface area contributed by atoms with Crippen LogP contribution in [0.4, 0.5) is 0 Å². The van der Waals surface area contributed by atoms with E-state index in [2.05, 4.69) is 0 Å². The Kier molecular flexibility index (Phi) is 3.52. The lowest BCUT2D eigenvalue weighted by atomic mass is 10.1. The van der Waals surface area contributed by atoms with Gasteiger partial charge >= 0.3 is 0 Å². The molecule has 19 heavy (non-hydrogen) atoms.